The maximum atomic E-state index is 7.95. The molecule has 0 saturated heterocycles. The van der Waals surface area contributed by atoms with Gasteiger partial charge in [0.2, 0.25) is 0 Å². The molecule has 0 aliphatic heterocycles. The first-order chi connectivity index (χ1) is 25.4. The highest BCUT2D eigenvalue weighted by Gasteiger charge is 2.19. The van der Waals surface area contributed by atoms with Crippen LogP contribution in [0.3, 0.4) is 0 Å². The summed E-state index contributed by atoms with van der Waals surface area (Å²) >= 11 is 0. The molecule has 5 heteroatoms. The molecule has 0 spiro atoms. The van der Waals surface area contributed by atoms with E-state index in [0.29, 0.717) is 5.92 Å². The first kappa shape index (κ1) is 38.3. The first-order valence-corrected chi connectivity index (χ1v) is 17.5. The number of hydrogen-bond acceptors (Lipinski definition) is 3. The fourth-order valence-corrected chi connectivity index (χ4v) is 5.65. The Hall–Kier alpha value is -6.46. The summed E-state index contributed by atoms with van der Waals surface area (Å²) in [6.45, 7) is 2.20. The Morgan fingerprint density at radius 3 is 1.69 bits per heavy atom. The van der Waals surface area contributed by atoms with E-state index in [9.17, 15) is 0 Å². The standard InChI is InChI=1S/C27H29N3.C13H12.C7H8N2/c1-20-16-17-24(23-14-8-9-15-25(23)27(29)30)26(18-20)22(19-28)13-7-3-6-12-21-10-4-2-5-11-21;1-3-7-12(8-4-1)11-13-9-5-2-6-10-13;8-7(9)6-4-2-1-3-5-6/h2-11,13-15,17-20H,12,16,28H2,1H3,(H3,29,30);1-10H,11H2;1-5H,(H3,8,9)/b6-3-,13-7-,22-19-;;. The molecule has 52 heavy (non-hydrogen) atoms. The molecule has 5 aromatic carbocycles. The average Bonchev–Trinajstić information content (AvgIpc) is 3.18. The number of benzene rings is 5. The van der Waals surface area contributed by atoms with Gasteiger partial charge < -0.3 is 17.2 Å². The van der Waals surface area contributed by atoms with E-state index in [1.54, 1.807) is 6.20 Å². The van der Waals surface area contributed by atoms with Crippen LogP contribution in [-0.2, 0) is 12.8 Å². The van der Waals surface area contributed by atoms with Crippen molar-refractivity contribution >= 4 is 17.2 Å². The second kappa shape index (κ2) is 20.9. The van der Waals surface area contributed by atoms with E-state index in [1.165, 1.54) is 16.7 Å². The lowest BCUT2D eigenvalue weighted by Gasteiger charge is -2.22. The van der Waals surface area contributed by atoms with Gasteiger partial charge in [-0.3, -0.25) is 10.8 Å². The van der Waals surface area contributed by atoms with Crippen molar-refractivity contribution in [1.29, 1.82) is 10.8 Å². The second-order valence-electron chi connectivity index (χ2n) is 12.4. The van der Waals surface area contributed by atoms with Gasteiger partial charge in [-0.1, -0.05) is 189 Å². The molecule has 0 fully saturated rings. The van der Waals surface area contributed by atoms with Gasteiger partial charge in [0.25, 0.3) is 0 Å². The molecular formula is C47H49N5. The Morgan fingerprint density at radius 2 is 1.17 bits per heavy atom. The van der Waals surface area contributed by atoms with Crippen LogP contribution in [0.2, 0.25) is 0 Å². The number of rotatable bonds is 10. The fourth-order valence-electron chi connectivity index (χ4n) is 5.65. The molecule has 0 heterocycles. The molecule has 0 radical (unpaired) electrons. The number of allylic oxidation sites excluding steroid dienone is 9. The van der Waals surface area contributed by atoms with Gasteiger partial charge in [0.05, 0.1) is 0 Å². The number of nitrogen functional groups attached to an aromatic ring is 2. The van der Waals surface area contributed by atoms with Gasteiger partial charge >= 0.3 is 0 Å². The summed E-state index contributed by atoms with van der Waals surface area (Å²) in [5, 5.41) is 15.0. The van der Waals surface area contributed by atoms with Gasteiger partial charge in [0.15, 0.2) is 0 Å². The third kappa shape index (κ3) is 12.5. The van der Waals surface area contributed by atoms with Crippen LogP contribution in [0.1, 0.15) is 46.7 Å². The van der Waals surface area contributed by atoms with Gasteiger partial charge in [-0.05, 0) is 64.2 Å². The minimum Gasteiger partial charge on any atom is -0.404 e. The monoisotopic (exact) mass is 683 g/mol. The first-order valence-electron chi connectivity index (χ1n) is 17.5. The van der Waals surface area contributed by atoms with E-state index in [0.717, 1.165) is 52.7 Å². The lowest BCUT2D eigenvalue weighted by molar-refractivity contribution is 0.733. The van der Waals surface area contributed by atoms with E-state index < -0.39 is 0 Å². The van der Waals surface area contributed by atoms with E-state index in [2.05, 4.69) is 116 Å². The Bertz CT molecular complexity index is 1970. The average molecular weight is 684 g/mol. The van der Waals surface area contributed by atoms with Crippen LogP contribution in [0.4, 0.5) is 0 Å². The lowest BCUT2D eigenvalue weighted by atomic mass is 9.82. The van der Waals surface area contributed by atoms with Crippen LogP contribution in [0, 0.1) is 16.7 Å². The molecule has 5 nitrogen and oxygen atoms in total. The van der Waals surface area contributed by atoms with E-state index in [-0.39, 0.29) is 11.7 Å². The Labute approximate surface area is 309 Å². The van der Waals surface area contributed by atoms with Gasteiger partial charge in [-0.2, -0.15) is 0 Å². The van der Waals surface area contributed by atoms with Crippen molar-refractivity contribution in [2.45, 2.75) is 26.2 Å². The normalized spacial score (nSPS) is 13.9. The molecule has 6 rings (SSSR count). The van der Waals surface area contributed by atoms with Crippen molar-refractivity contribution in [3.8, 4) is 0 Å². The molecule has 1 unspecified atom stereocenters. The zero-order valence-electron chi connectivity index (χ0n) is 29.8. The molecule has 0 amide bonds. The predicted molar refractivity (Wildman–Crippen MR) is 221 cm³/mol. The summed E-state index contributed by atoms with van der Waals surface area (Å²) in [6, 6.07) is 48.5. The number of nitrogens with two attached hydrogens (primary N) is 3. The number of hydrogen-bond donors (Lipinski definition) is 5. The van der Waals surface area contributed by atoms with Crippen LogP contribution >= 0.6 is 0 Å². The van der Waals surface area contributed by atoms with Crippen molar-refractivity contribution in [3.05, 3.63) is 233 Å². The van der Waals surface area contributed by atoms with Crippen LogP contribution in [-0.4, -0.2) is 11.7 Å². The quantitative estimate of drug-likeness (QED) is 0.0572. The largest absolute Gasteiger partial charge is 0.404 e. The van der Waals surface area contributed by atoms with Gasteiger partial charge in [0.1, 0.15) is 11.7 Å². The summed E-state index contributed by atoms with van der Waals surface area (Å²) in [7, 11) is 0. The summed E-state index contributed by atoms with van der Waals surface area (Å²) in [5.41, 5.74) is 26.7. The molecular weight excluding hydrogens is 635 g/mol. The van der Waals surface area contributed by atoms with Crippen molar-refractivity contribution in [2.75, 3.05) is 0 Å². The van der Waals surface area contributed by atoms with Crippen LogP contribution in [0.25, 0.3) is 5.57 Å². The van der Waals surface area contributed by atoms with Crippen LogP contribution in [0.5, 0.6) is 0 Å². The number of amidine groups is 2. The highest BCUT2D eigenvalue weighted by atomic mass is 14.7. The maximum absolute atomic E-state index is 7.95. The van der Waals surface area contributed by atoms with Gasteiger partial charge in [0, 0.05) is 17.3 Å². The zero-order valence-corrected chi connectivity index (χ0v) is 29.8. The Balaban J connectivity index is 0.000000223. The van der Waals surface area contributed by atoms with Crippen molar-refractivity contribution in [2.24, 2.45) is 23.1 Å². The van der Waals surface area contributed by atoms with Crippen molar-refractivity contribution in [1.82, 2.24) is 0 Å². The van der Waals surface area contributed by atoms with E-state index >= 15 is 0 Å². The minimum absolute atomic E-state index is 0.0714. The summed E-state index contributed by atoms with van der Waals surface area (Å²) in [6.07, 6.45) is 17.2. The Morgan fingerprint density at radius 1 is 0.654 bits per heavy atom. The van der Waals surface area contributed by atoms with Crippen LogP contribution < -0.4 is 17.2 Å². The maximum Gasteiger partial charge on any atom is 0.123 e. The van der Waals surface area contributed by atoms with E-state index in [4.69, 9.17) is 28.0 Å². The van der Waals surface area contributed by atoms with E-state index in [1.807, 2.05) is 72.8 Å². The molecule has 1 aliphatic carbocycles. The smallest absolute Gasteiger partial charge is 0.123 e. The van der Waals surface area contributed by atoms with Crippen molar-refractivity contribution in [3.63, 3.8) is 0 Å². The summed E-state index contributed by atoms with van der Waals surface area (Å²) in [4.78, 5) is 0. The topological polar surface area (TPSA) is 126 Å². The third-order valence-electron chi connectivity index (χ3n) is 8.33. The summed E-state index contributed by atoms with van der Waals surface area (Å²) < 4.78 is 0. The molecule has 5 aromatic rings. The second-order valence-corrected chi connectivity index (χ2v) is 12.4. The SMILES string of the molecule is CC1C=C(C(/C=C\C=C/Cc2ccccc2)=C\N)C(c2ccccc2C(=N)N)=CC1.N=C(N)c1ccccc1.c1ccc(Cc2ccccc2)cc1. The molecule has 0 aromatic heterocycles. The predicted octanol–water partition coefficient (Wildman–Crippen LogP) is 9.77. The number of nitrogens with one attached hydrogen (secondary N) is 2. The van der Waals surface area contributed by atoms with Gasteiger partial charge in [-0.25, -0.2) is 0 Å². The third-order valence-corrected chi connectivity index (χ3v) is 8.33. The molecule has 0 saturated carbocycles. The molecule has 8 N–H and O–H groups in total. The molecule has 1 aliphatic rings. The van der Waals surface area contributed by atoms with Crippen LogP contribution in [0.15, 0.2) is 199 Å². The molecule has 1 atom stereocenters. The fraction of sp³-hybridized carbons (Fsp3) is 0.106. The molecule has 0 bridgehead atoms. The van der Waals surface area contributed by atoms with Gasteiger partial charge in [-0.15, -0.1) is 0 Å². The minimum atomic E-state index is 0.0714. The summed E-state index contributed by atoms with van der Waals surface area (Å²) in [5.74, 6) is 0.614. The van der Waals surface area contributed by atoms with Crippen molar-refractivity contribution < 1.29 is 0 Å². The lowest BCUT2D eigenvalue weighted by Crippen LogP contribution is -2.15. The Kier molecular flexibility index (Phi) is 15.4. The highest BCUT2D eigenvalue weighted by Crippen LogP contribution is 2.36. The zero-order chi connectivity index (χ0) is 37.0. The molecule has 262 valence electrons. The highest BCUT2D eigenvalue weighted by molar-refractivity contribution is 6.02.